The largest absolute Gasteiger partial charge is 0.421 e. The Morgan fingerprint density at radius 2 is 1.86 bits per heavy atom. The normalized spacial score (nSPS) is 11.8. The van der Waals surface area contributed by atoms with Crippen LogP contribution in [0.5, 0.6) is 11.8 Å². The highest BCUT2D eigenvalue weighted by Gasteiger charge is 2.24. The molecule has 10 nitrogen and oxygen atoms in total. The van der Waals surface area contributed by atoms with Crippen LogP contribution in [0.2, 0.25) is 0 Å². The Balaban J connectivity index is 0.00000176. The average molecular weight is 503 g/mol. The minimum absolute atomic E-state index is 0.00397. The summed E-state index contributed by atoms with van der Waals surface area (Å²) in [5.74, 6) is -0.955. The molecule has 4 aromatic rings. The van der Waals surface area contributed by atoms with Crippen LogP contribution in [0.25, 0.3) is 21.9 Å². The molecule has 36 heavy (non-hydrogen) atoms. The molecule has 0 aliphatic rings. The van der Waals surface area contributed by atoms with Crippen molar-refractivity contribution >= 4 is 33.4 Å². The van der Waals surface area contributed by atoms with E-state index < -0.39 is 17.7 Å². The van der Waals surface area contributed by atoms with E-state index in [1.54, 1.807) is 14.0 Å². The maximum absolute atomic E-state index is 15.1. The van der Waals surface area contributed by atoms with E-state index in [0.29, 0.717) is 41.1 Å². The van der Waals surface area contributed by atoms with Crippen LogP contribution in [-0.2, 0) is 0 Å². The van der Waals surface area contributed by atoms with Crippen molar-refractivity contribution in [3.63, 3.8) is 0 Å². The van der Waals surface area contributed by atoms with E-state index in [1.165, 1.54) is 19.4 Å². The van der Waals surface area contributed by atoms with Crippen molar-refractivity contribution in [3.8, 4) is 11.8 Å². The van der Waals surface area contributed by atoms with Crippen LogP contribution in [-0.4, -0.2) is 57.2 Å². The molecule has 4 rings (SSSR count). The summed E-state index contributed by atoms with van der Waals surface area (Å²) < 4.78 is 35.3. The van der Waals surface area contributed by atoms with E-state index in [0.717, 1.165) is 18.9 Å². The second-order valence-electron chi connectivity index (χ2n) is 7.89. The second-order valence-corrected chi connectivity index (χ2v) is 7.89. The quantitative estimate of drug-likeness (QED) is 0.264. The Hall–Kier alpha value is -3.64. The third-order valence-corrected chi connectivity index (χ3v) is 5.55. The Morgan fingerprint density at radius 3 is 2.44 bits per heavy atom. The molecule has 3 aromatic heterocycles. The minimum Gasteiger partial charge on any atom is -0.421 e. The molecular weight excluding hydrogens is 470 g/mol. The fourth-order valence-corrected chi connectivity index (χ4v) is 3.79. The van der Waals surface area contributed by atoms with E-state index in [-0.39, 0.29) is 23.0 Å². The molecule has 0 aliphatic carbocycles. The highest BCUT2D eigenvalue weighted by atomic mass is 19.2. The van der Waals surface area contributed by atoms with E-state index in [4.69, 9.17) is 4.74 Å². The van der Waals surface area contributed by atoms with Gasteiger partial charge in [0.1, 0.15) is 17.6 Å². The topological polar surface area (TPSA) is 138 Å². The van der Waals surface area contributed by atoms with Gasteiger partial charge in [-0.1, -0.05) is 13.3 Å². The fraction of sp³-hybridized carbons (Fsp3) is 0.417. The Bertz CT molecular complexity index is 1310. The number of ether oxygens (including phenoxy) is 1. The summed E-state index contributed by atoms with van der Waals surface area (Å²) >= 11 is 0. The number of aromatic amines is 1. The summed E-state index contributed by atoms with van der Waals surface area (Å²) in [4.78, 5) is 22.2. The first-order chi connectivity index (χ1) is 17.4. The van der Waals surface area contributed by atoms with Crippen LogP contribution >= 0.6 is 0 Å². The van der Waals surface area contributed by atoms with Gasteiger partial charge >= 0.3 is 6.01 Å². The van der Waals surface area contributed by atoms with Crippen LogP contribution in [0.3, 0.4) is 0 Å². The molecule has 5 N–H and O–H groups in total. The number of aliphatic hydroxyl groups excluding tert-OH is 1. The number of fused-ring (bicyclic) bond motifs is 3. The van der Waals surface area contributed by atoms with E-state index >= 15 is 4.39 Å². The predicted octanol–water partition coefficient (Wildman–Crippen LogP) is 4.27. The van der Waals surface area contributed by atoms with Gasteiger partial charge < -0.3 is 30.8 Å². The number of H-pyrrole nitrogens is 1. The maximum atomic E-state index is 15.1. The smallest absolute Gasteiger partial charge is 0.326 e. The number of rotatable bonds is 9. The van der Waals surface area contributed by atoms with Crippen molar-refractivity contribution in [1.29, 1.82) is 0 Å². The van der Waals surface area contributed by atoms with Crippen LogP contribution in [0.4, 0.5) is 20.3 Å². The molecule has 1 atom stereocenters. The predicted molar refractivity (Wildman–Crippen MR) is 137 cm³/mol. The zero-order chi connectivity index (χ0) is 26.4. The first kappa shape index (κ1) is 27.0. The molecule has 1 aromatic carbocycles. The molecule has 3 heterocycles. The van der Waals surface area contributed by atoms with Crippen molar-refractivity contribution in [2.75, 3.05) is 37.4 Å². The standard InChI is InChI=1S/C23H27F2N7O2.CH5N/c1-5-7-8-32(6-2)22-17-16-18(25)14(24)9-15(26-4)19(16)29-21(17)30-23(31-22)34-13-10-27-20(12(3)33)28-11-13;1-2/h9-12,26,33H,5-8H2,1-4H3,(H,29,30,31);2H2,1H3. The highest BCUT2D eigenvalue weighted by Crippen LogP contribution is 2.39. The van der Waals surface area contributed by atoms with Crippen molar-refractivity contribution in [1.82, 2.24) is 24.9 Å². The van der Waals surface area contributed by atoms with Gasteiger partial charge in [0, 0.05) is 26.2 Å². The molecule has 1 unspecified atom stereocenters. The number of nitrogens with zero attached hydrogens (tertiary/aromatic N) is 5. The molecule has 0 radical (unpaired) electrons. The van der Waals surface area contributed by atoms with Crippen molar-refractivity contribution in [2.45, 2.75) is 39.7 Å². The number of nitrogens with two attached hydrogens (primary N) is 1. The molecule has 0 spiro atoms. The first-order valence-corrected chi connectivity index (χ1v) is 11.8. The van der Waals surface area contributed by atoms with Gasteiger partial charge in [0.15, 0.2) is 23.2 Å². The van der Waals surface area contributed by atoms with Crippen LogP contribution in [0.15, 0.2) is 18.5 Å². The summed E-state index contributed by atoms with van der Waals surface area (Å²) in [6, 6.07) is 1.11. The Morgan fingerprint density at radius 1 is 1.17 bits per heavy atom. The third kappa shape index (κ3) is 5.29. The van der Waals surface area contributed by atoms with Gasteiger partial charge in [0.05, 0.1) is 34.4 Å². The van der Waals surface area contributed by atoms with Crippen LogP contribution in [0.1, 0.15) is 45.5 Å². The Labute approximate surface area is 207 Å². The van der Waals surface area contributed by atoms with Gasteiger partial charge in [-0.2, -0.15) is 9.97 Å². The number of hydrogen-bond acceptors (Lipinski definition) is 9. The van der Waals surface area contributed by atoms with Crippen LogP contribution in [0, 0.1) is 11.6 Å². The molecule has 0 saturated carbocycles. The third-order valence-electron chi connectivity index (χ3n) is 5.55. The molecule has 0 bridgehead atoms. The van der Waals surface area contributed by atoms with Crippen molar-refractivity contribution < 1.29 is 18.6 Å². The molecule has 0 saturated heterocycles. The summed E-state index contributed by atoms with van der Waals surface area (Å²) in [5.41, 5.74) is 5.60. The fourth-order valence-electron chi connectivity index (χ4n) is 3.79. The number of anilines is 2. The number of aromatic nitrogens is 5. The maximum Gasteiger partial charge on any atom is 0.326 e. The Kier molecular flexibility index (Phi) is 8.88. The first-order valence-electron chi connectivity index (χ1n) is 11.8. The number of halogens is 2. The molecule has 194 valence electrons. The number of benzene rings is 1. The van der Waals surface area contributed by atoms with Gasteiger partial charge in [-0.3, -0.25) is 0 Å². The van der Waals surface area contributed by atoms with Crippen molar-refractivity contribution in [3.05, 3.63) is 35.9 Å². The average Bonchev–Trinajstić information content (AvgIpc) is 3.28. The van der Waals surface area contributed by atoms with Gasteiger partial charge in [-0.15, -0.1) is 0 Å². The van der Waals surface area contributed by atoms with Gasteiger partial charge in [0.2, 0.25) is 0 Å². The molecule has 0 amide bonds. The zero-order valence-corrected chi connectivity index (χ0v) is 21.1. The number of hydrogen-bond donors (Lipinski definition) is 4. The number of unbranched alkanes of at least 4 members (excludes halogenated alkanes) is 1. The van der Waals surface area contributed by atoms with E-state index in [2.05, 4.69) is 42.9 Å². The van der Waals surface area contributed by atoms with Crippen molar-refractivity contribution in [2.24, 2.45) is 5.73 Å². The summed E-state index contributed by atoms with van der Waals surface area (Å²) in [5, 5.41) is 13.0. The lowest BCUT2D eigenvalue weighted by Crippen LogP contribution is -2.25. The lowest BCUT2D eigenvalue weighted by atomic mass is 10.1. The minimum atomic E-state index is -0.965. The molecular formula is C24H32F2N8O2. The second kappa shape index (κ2) is 11.9. The summed E-state index contributed by atoms with van der Waals surface area (Å²) in [6.45, 7) is 6.88. The van der Waals surface area contributed by atoms with Gasteiger partial charge in [0.25, 0.3) is 0 Å². The lowest BCUT2D eigenvalue weighted by molar-refractivity contribution is 0.188. The molecule has 0 fully saturated rings. The number of nitrogens with one attached hydrogen (secondary N) is 2. The highest BCUT2D eigenvalue weighted by molar-refractivity contribution is 6.15. The van der Waals surface area contributed by atoms with Gasteiger partial charge in [-0.25, -0.2) is 18.7 Å². The van der Waals surface area contributed by atoms with E-state index in [9.17, 15) is 9.50 Å². The summed E-state index contributed by atoms with van der Waals surface area (Å²) in [7, 11) is 3.13. The zero-order valence-electron chi connectivity index (χ0n) is 21.1. The lowest BCUT2D eigenvalue weighted by Gasteiger charge is -2.23. The van der Waals surface area contributed by atoms with Crippen LogP contribution < -0.4 is 20.7 Å². The van der Waals surface area contributed by atoms with Gasteiger partial charge in [-0.05, 0) is 27.3 Å². The number of aliphatic hydroxyl groups is 1. The SMILES string of the molecule is CCCCN(CC)c1nc(Oc2cnc(C(C)O)nc2)nc2[nH]c3c(NC)cc(F)c(F)c3c12.CN. The van der Waals surface area contributed by atoms with E-state index in [1.807, 2.05) is 11.8 Å². The summed E-state index contributed by atoms with van der Waals surface area (Å²) in [6.07, 6.45) is 3.87. The molecule has 0 aliphatic heterocycles. The monoisotopic (exact) mass is 502 g/mol. The molecule has 12 heteroatoms.